The molecule has 1 amide bonds. The van der Waals surface area contributed by atoms with E-state index in [2.05, 4.69) is 63.0 Å². The van der Waals surface area contributed by atoms with Gasteiger partial charge in [0.2, 0.25) is 11.2 Å². The van der Waals surface area contributed by atoms with Crippen molar-refractivity contribution in [2.75, 3.05) is 11.6 Å². The fourth-order valence-corrected chi connectivity index (χ4v) is 6.02. The van der Waals surface area contributed by atoms with Crippen LogP contribution in [-0.4, -0.2) is 28.2 Å². The summed E-state index contributed by atoms with van der Waals surface area (Å²) < 4.78 is 7.29. The topological polar surface area (TPSA) is 54.8 Å². The van der Waals surface area contributed by atoms with Gasteiger partial charge in [-0.1, -0.05) is 62.4 Å². The predicted octanol–water partition coefficient (Wildman–Crippen LogP) is 4.84. The van der Waals surface area contributed by atoms with Crippen LogP contribution in [0.15, 0.2) is 65.6 Å². The molecular formula is C28H32N3O3P. The second-order valence-corrected chi connectivity index (χ2v) is 9.21. The Morgan fingerprint density at radius 3 is 2.14 bits per heavy atom. The maximum atomic E-state index is 13.6. The number of hydrogen-bond acceptors (Lipinski definition) is 4. The number of piperidine rings is 1. The van der Waals surface area contributed by atoms with Crippen LogP contribution >= 0.6 is 9.47 Å². The molecule has 2 aliphatic heterocycles. The normalized spacial score (nSPS) is 18.8. The summed E-state index contributed by atoms with van der Waals surface area (Å²) >= 11 is 0. The third-order valence-electron chi connectivity index (χ3n) is 7.27. The Labute approximate surface area is 208 Å². The number of benzene rings is 2. The molecule has 182 valence electrons. The number of pyridine rings is 1. The van der Waals surface area contributed by atoms with E-state index in [9.17, 15) is 9.59 Å². The molecule has 7 heteroatoms. The highest BCUT2D eigenvalue weighted by Gasteiger charge is 2.45. The van der Waals surface area contributed by atoms with E-state index in [1.165, 1.54) is 28.3 Å². The van der Waals surface area contributed by atoms with Crippen molar-refractivity contribution < 1.29 is 9.32 Å². The first kappa shape index (κ1) is 23.6. The minimum Gasteiger partial charge on any atom is -0.474 e. The van der Waals surface area contributed by atoms with Crippen LogP contribution in [0, 0.1) is 0 Å². The first-order valence-corrected chi connectivity index (χ1v) is 13.0. The van der Waals surface area contributed by atoms with Crippen molar-refractivity contribution >= 4 is 15.4 Å². The number of carbonyl (C=O) groups is 1. The Morgan fingerprint density at radius 2 is 1.51 bits per heavy atom. The highest BCUT2D eigenvalue weighted by Crippen LogP contribution is 2.41. The summed E-state index contributed by atoms with van der Waals surface area (Å²) in [4.78, 5) is 28.2. The van der Waals surface area contributed by atoms with Gasteiger partial charge in [0.05, 0.1) is 15.5 Å². The summed E-state index contributed by atoms with van der Waals surface area (Å²) in [5.41, 5.74) is 5.16. The van der Waals surface area contributed by atoms with Gasteiger partial charge in [-0.25, -0.2) is 0 Å². The van der Waals surface area contributed by atoms with Gasteiger partial charge in [0.25, 0.3) is 5.91 Å². The maximum Gasteiger partial charge on any atom is 0.278 e. The third-order valence-corrected chi connectivity index (χ3v) is 7.50. The van der Waals surface area contributed by atoms with Crippen LogP contribution in [0.5, 0.6) is 5.75 Å². The van der Waals surface area contributed by atoms with Gasteiger partial charge in [0, 0.05) is 18.8 Å². The van der Waals surface area contributed by atoms with Crippen LogP contribution in [0.25, 0.3) is 0 Å². The van der Waals surface area contributed by atoms with Crippen LogP contribution in [-0.2, 0) is 12.8 Å². The number of fused-ring (bicyclic) bond motifs is 4. The Morgan fingerprint density at radius 1 is 0.886 bits per heavy atom. The van der Waals surface area contributed by atoms with Crippen molar-refractivity contribution in [1.82, 2.24) is 9.58 Å². The van der Waals surface area contributed by atoms with Crippen LogP contribution in [0.4, 0.5) is 0 Å². The van der Waals surface area contributed by atoms with E-state index in [0.29, 0.717) is 12.2 Å². The molecule has 0 bridgehead atoms. The lowest BCUT2D eigenvalue weighted by atomic mass is 9.92. The number of carbonyl (C=O) groups excluding carboxylic acids is 1. The van der Waals surface area contributed by atoms with Gasteiger partial charge in [0.15, 0.2) is 5.69 Å². The molecule has 35 heavy (non-hydrogen) atoms. The Hall–Kier alpha value is -3.11. The average molecular weight is 490 g/mol. The number of rotatable bonds is 2. The average Bonchev–Trinajstić information content (AvgIpc) is 3.07. The van der Waals surface area contributed by atoms with Gasteiger partial charge in [0.1, 0.15) is 6.17 Å². The molecule has 6 nitrogen and oxygen atoms in total. The first-order valence-electron chi connectivity index (χ1n) is 12.6. The highest BCUT2D eigenvalue weighted by atomic mass is 31.0. The summed E-state index contributed by atoms with van der Waals surface area (Å²) in [6.45, 7) is 4.68. The van der Waals surface area contributed by atoms with E-state index < -0.39 is 0 Å². The minimum atomic E-state index is -0.290. The molecule has 3 heterocycles. The molecule has 0 N–H and O–H groups in total. The van der Waals surface area contributed by atoms with Gasteiger partial charge in [-0.05, 0) is 54.4 Å². The van der Waals surface area contributed by atoms with E-state index in [1.807, 2.05) is 23.4 Å². The molecule has 1 saturated heterocycles. The Balaban J connectivity index is 0.00000124. The molecule has 0 saturated carbocycles. The molecule has 1 aliphatic carbocycles. The van der Waals surface area contributed by atoms with Crippen molar-refractivity contribution in [3.63, 3.8) is 0 Å². The number of aromatic nitrogens is 1. The Bertz CT molecular complexity index is 1260. The van der Waals surface area contributed by atoms with Gasteiger partial charge >= 0.3 is 0 Å². The zero-order chi connectivity index (χ0) is 24.5. The third kappa shape index (κ3) is 3.84. The summed E-state index contributed by atoms with van der Waals surface area (Å²) in [7, 11) is 2.14. The zero-order valence-corrected chi connectivity index (χ0v) is 21.5. The summed E-state index contributed by atoms with van der Waals surface area (Å²) in [5.74, 6) is -0.0574. The van der Waals surface area contributed by atoms with Crippen LogP contribution in [0.3, 0.4) is 0 Å². The molecule has 1 aromatic heterocycles. The number of amides is 1. The number of nitrogens with zero attached hydrogens (tertiary/aromatic N) is 3. The standard InChI is InChI=1S/C26H26N3O3P.C2H6/c30-21-14-16-28-24(25(21)32-33)26(31)27-15-6-5-11-22(27)29(28)23-19-9-3-1-7-17(19)12-13-18-8-2-4-10-20(18)23;1-2/h1-4,7-10,14,16,22-23H,5-6,11-13,15,33H2;1-2H3/t22-;/m1./s1. The van der Waals surface area contributed by atoms with E-state index in [-0.39, 0.29) is 29.3 Å². The molecular weight excluding hydrogens is 457 g/mol. The van der Waals surface area contributed by atoms with Crippen LogP contribution < -0.4 is 15.0 Å². The van der Waals surface area contributed by atoms with Gasteiger partial charge in [-0.2, -0.15) is 0 Å². The van der Waals surface area contributed by atoms with E-state index in [0.717, 1.165) is 32.1 Å². The summed E-state index contributed by atoms with van der Waals surface area (Å²) in [6.07, 6.45) is 6.50. The first-order chi connectivity index (χ1) is 17.2. The Kier molecular flexibility index (Phi) is 6.66. The monoisotopic (exact) mass is 489 g/mol. The molecule has 0 radical (unpaired) electrons. The lowest BCUT2D eigenvalue weighted by Crippen LogP contribution is -2.63. The largest absolute Gasteiger partial charge is 0.474 e. The molecule has 0 spiro atoms. The zero-order valence-electron chi connectivity index (χ0n) is 20.3. The van der Waals surface area contributed by atoms with Crippen LogP contribution in [0.1, 0.15) is 71.9 Å². The summed E-state index contributed by atoms with van der Waals surface area (Å²) in [6, 6.07) is 18.6. The van der Waals surface area contributed by atoms with Crippen molar-refractivity contribution in [2.24, 2.45) is 0 Å². The van der Waals surface area contributed by atoms with Crippen molar-refractivity contribution in [1.29, 1.82) is 0 Å². The second-order valence-electron chi connectivity index (χ2n) is 8.98. The van der Waals surface area contributed by atoms with Gasteiger partial charge in [-0.15, -0.1) is 0 Å². The van der Waals surface area contributed by atoms with Gasteiger partial charge < -0.3 is 9.42 Å². The quantitative estimate of drug-likeness (QED) is 0.484. The second kappa shape index (κ2) is 9.87. The van der Waals surface area contributed by atoms with Gasteiger partial charge in [-0.3, -0.25) is 19.3 Å². The smallest absolute Gasteiger partial charge is 0.278 e. The SMILES string of the molecule is CC.O=C1c2c(OP)c(=O)ccn2N(C2c3ccccc3CCc3ccccc32)[C@@H]2CCCCN12. The molecule has 1 fully saturated rings. The predicted molar refractivity (Wildman–Crippen MR) is 141 cm³/mol. The highest BCUT2D eigenvalue weighted by molar-refractivity contribution is 7.10. The van der Waals surface area contributed by atoms with Crippen molar-refractivity contribution in [2.45, 2.75) is 58.2 Å². The van der Waals surface area contributed by atoms with Crippen molar-refractivity contribution in [3.05, 3.63) is 99.0 Å². The van der Waals surface area contributed by atoms with E-state index in [4.69, 9.17) is 4.52 Å². The fraction of sp³-hybridized carbons (Fsp3) is 0.357. The molecule has 3 aromatic rings. The number of aryl methyl sites for hydroxylation is 2. The van der Waals surface area contributed by atoms with Crippen LogP contribution in [0.2, 0.25) is 0 Å². The lowest BCUT2D eigenvalue weighted by Gasteiger charge is -2.52. The van der Waals surface area contributed by atoms with Crippen molar-refractivity contribution in [3.8, 4) is 5.75 Å². The molecule has 3 aliphatic rings. The van der Waals surface area contributed by atoms with E-state index >= 15 is 0 Å². The lowest BCUT2D eigenvalue weighted by molar-refractivity contribution is 0.0465. The molecule has 2 atom stereocenters. The number of hydrogen-bond donors (Lipinski definition) is 0. The fourth-order valence-electron chi connectivity index (χ4n) is 5.79. The summed E-state index contributed by atoms with van der Waals surface area (Å²) in [5, 5.41) is 2.31. The minimum absolute atomic E-state index is 0.0803. The molecule has 2 aromatic carbocycles. The van der Waals surface area contributed by atoms with E-state index in [1.54, 1.807) is 6.20 Å². The molecule has 1 unspecified atom stereocenters. The molecule has 6 rings (SSSR count). The maximum absolute atomic E-state index is 13.6.